The third kappa shape index (κ3) is 3.14. The van der Waals surface area contributed by atoms with Gasteiger partial charge in [0.25, 0.3) is 0 Å². The number of hydrogen-bond donors (Lipinski definition) is 1. The number of aromatic hydroxyl groups is 1. The van der Waals surface area contributed by atoms with Crippen LogP contribution in [-0.2, 0) is 4.74 Å². The summed E-state index contributed by atoms with van der Waals surface area (Å²) in [5.74, 6) is -0.562. The van der Waals surface area contributed by atoms with Gasteiger partial charge in [0.15, 0.2) is 5.43 Å². The number of fused-ring (bicyclic) bond motifs is 1. The molecule has 5 heteroatoms. The SMILES string of the molecule is COC(=O)c1cn(-c2ccc(O)cc2)c(-c2ccc3ccccc3c2)cc1=O. The summed E-state index contributed by atoms with van der Waals surface area (Å²) in [6, 6.07) is 21.8. The fraction of sp³-hybridized carbons (Fsp3) is 0.0435. The summed E-state index contributed by atoms with van der Waals surface area (Å²) >= 11 is 0. The number of hydrogen-bond acceptors (Lipinski definition) is 4. The Morgan fingerprint density at radius 1 is 0.929 bits per heavy atom. The van der Waals surface area contributed by atoms with Gasteiger partial charge in [-0.1, -0.05) is 36.4 Å². The highest BCUT2D eigenvalue weighted by Gasteiger charge is 2.16. The van der Waals surface area contributed by atoms with Crippen molar-refractivity contribution in [2.45, 2.75) is 0 Å². The van der Waals surface area contributed by atoms with Gasteiger partial charge in [0.2, 0.25) is 0 Å². The summed E-state index contributed by atoms with van der Waals surface area (Å²) in [4.78, 5) is 24.6. The average molecular weight is 371 g/mol. The number of rotatable bonds is 3. The second-order valence-corrected chi connectivity index (χ2v) is 6.38. The smallest absolute Gasteiger partial charge is 0.343 e. The Morgan fingerprint density at radius 2 is 1.64 bits per heavy atom. The maximum absolute atomic E-state index is 12.6. The quantitative estimate of drug-likeness (QED) is 0.549. The van der Waals surface area contributed by atoms with Gasteiger partial charge >= 0.3 is 5.97 Å². The summed E-state index contributed by atoms with van der Waals surface area (Å²) in [6.07, 6.45) is 1.48. The number of carbonyl (C=O) groups is 1. The highest BCUT2D eigenvalue weighted by molar-refractivity contribution is 5.90. The molecule has 5 nitrogen and oxygen atoms in total. The topological polar surface area (TPSA) is 68.5 Å². The Bertz CT molecular complexity index is 1240. The van der Waals surface area contributed by atoms with Crippen LogP contribution in [0, 0.1) is 0 Å². The predicted molar refractivity (Wildman–Crippen MR) is 108 cm³/mol. The molecule has 0 atom stereocenters. The molecule has 0 bridgehead atoms. The zero-order chi connectivity index (χ0) is 19.7. The first-order chi connectivity index (χ1) is 13.6. The molecule has 0 amide bonds. The molecule has 3 aromatic carbocycles. The lowest BCUT2D eigenvalue weighted by molar-refractivity contribution is 0.0598. The summed E-state index contributed by atoms with van der Waals surface area (Å²) in [5, 5.41) is 11.7. The molecule has 1 N–H and O–H groups in total. The van der Waals surface area contributed by atoms with Gasteiger partial charge in [0.1, 0.15) is 11.3 Å². The predicted octanol–water partition coefficient (Wildman–Crippen LogP) is 4.15. The van der Waals surface area contributed by atoms with Gasteiger partial charge in [0.05, 0.1) is 12.8 Å². The van der Waals surface area contributed by atoms with Crippen LogP contribution in [0.1, 0.15) is 10.4 Å². The Labute approximate surface area is 161 Å². The second-order valence-electron chi connectivity index (χ2n) is 6.38. The molecule has 138 valence electrons. The van der Waals surface area contributed by atoms with E-state index < -0.39 is 11.4 Å². The standard InChI is InChI=1S/C23H17NO4/c1-28-23(27)20-14-24(18-8-10-19(25)11-9-18)21(13-22(20)26)17-7-6-15-4-2-3-5-16(15)12-17/h2-14,25H,1H3. The fourth-order valence-electron chi connectivity index (χ4n) is 3.19. The van der Waals surface area contributed by atoms with E-state index in [0.29, 0.717) is 11.4 Å². The van der Waals surface area contributed by atoms with Gasteiger partial charge in [-0.3, -0.25) is 4.79 Å². The summed E-state index contributed by atoms with van der Waals surface area (Å²) in [7, 11) is 1.24. The van der Waals surface area contributed by atoms with Crippen molar-refractivity contribution in [2.75, 3.05) is 7.11 Å². The van der Waals surface area contributed by atoms with Crippen LogP contribution in [0.25, 0.3) is 27.7 Å². The molecular formula is C23H17NO4. The van der Waals surface area contributed by atoms with Gasteiger partial charge in [-0.15, -0.1) is 0 Å². The molecule has 4 rings (SSSR count). The number of nitrogens with zero attached hydrogens (tertiary/aromatic N) is 1. The minimum atomic E-state index is -0.692. The maximum atomic E-state index is 12.6. The zero-order valence-corrected chi connectivity index (χ0v) is 15.1. The van der Waals surface area contributed by atoms with Crippen molar-refractivity contribution in [2.24, 2.45) is 0 Å². The molecule has 0 saturated carbocycles. The average Bonchev–Trinajstić information content (AvgIpc) is 2.73. The van der Waals surface area contributed by atoms with E-state index in [0.717, 1.165) is 16.3 Å². The fourth-order valence-corrected chi connectivity index (χ4v) is 3.19. The molecular weight excluding hydrogens is 354 g/mol. The van der Waals surface area contributed by atoms with Crippen molar-refractivity contribution in [3.63, 3.8) is 0 Å². The van der Waals surface area contributed by atoms with Crippen LogP contribution in [-0.4, -0.2) is 22.8 Å². The lowest BCUT2D eigenvalue weighted by Gasteiger charge is -2.16. The minimum Gasteiger partial charge on any atom is -0.508 e. The molecule has 1 heterocycles. The molecule has 0 spiro atoms. The van der Waals surface area contributed by atoms with E-state index in [1.807, 2.05) is 42.5 Å². The van der Waals surface area contributed by atoms with Gasteiger partial charge in [-0.05, 0) is 46.7 Å². The van der Waals surface area contributed by atoms with Crippen molar-refractivity contribution in [1.82, 2.24) is 4.57 Å². The number of esters is 1. The monoisotopic (exact) mass is 371 g/mol. The van der Waals surface area contributed by atoms with Crippen LogP contribution >= 0.6 is 0 Å². The number of phenolic OH excluding ortho intramolecular Hbond substituents is 1. The second kappa shape index (κ2) is 7.04. The van der Waals surface area contributed by atoms with Crippen LogP contribution in [0.2, 0.25) is 0 Å². The number of phenols is 1. The number of methoxy groups -OCH3 is 1. The van der Waals surface area contributed by atoms with Crippen molar-refractivity contribution in [1.29, 1.82) is 0 Å². The van der Waals surface area contributed by atoms with E-state index in [2.05, 4.69) is 0 Å². The largest absolute Gasteiger partial charge is 0.508 e. The van der Waals surface area contributed by atoms with E-state index in [1.54, 1.807) is 28.8 Å². The van der Waals surface area contributed by atoms with Crippen molar-refractivity contribution in [3.05, 3.63) is 94.8 Å². The highest BCUT2D eigenvalue weighted by Crippen LogP contribution is 2.27. The first kappa shape index (κ1) is 17.5. The van der Waals surface area contributed by atoms with Crippen LogP contribution in [0.15, 0.2) is 83.8 Å². The highest BCUT2D eigenvalue weighted by atomic mass is 16.5. The lowest BCUT2D eigenvalue weighted by Crippen LogP contribution is -2.19. The Hall–Kier alpha value is -3.86. The van der Waals surface area contributed by atoms with E-state index in [9.17, 15) is 14.7 Å². The van der Waals surface area contributed by atoms with E-state index in [-0.39, 0.29) is 11.3 Å². The third-order valence-electron chi connectivity index (χ3n) is 4.63. The first-order valence-corrected chi connectivity index (χ1v) is 8.70. The molecule has 0 saturated heterocycles. The van der Waals surface area contributed by atoms with Gasteiger partial charge in [0, 0.05) is 18.0 Å². The first-order valence-electron chi connectivity index (χ1n) is 8.70. The van der Waals surface area contributed by atoms with Crippen molar-refractivity contribution in [3.8, 4) is 22.7 Å². The lowest BCUT2D eigenvalue weighted by atomic mass is 10.0. The van der Waals surface area contributed by atoms with Gasteiger partial charge in [-0.25, -0.2) is 4.79 Å². The van der Waals surface area contributed by atoms with Crippen LogP contribution in [0.3, 0.4) is 0 Å². The Morgan fingerprint density at radius 3 is 2.36 bits per heavy atom. The zero-order valence-electron chi connectivity index (χ0n) is 15.1. The molecule has 0 aliphatic carbocycles. The molecule has 0 aliphatic heterocycles. The molecule has 0 radical (unpaired) electrons. The third-order valence-corrected chi connectivity index (χ3v) is 4.63. The van der Waals surface area contributed by atoms with Gasteiger partial charge in [-0.2, -0.15) is 0 Å². The number of pyridine rings is 1. The van der Waals surface area contributed by atoms with Crippen LogP contribution in [0.5, 0.6) is 5.75 Å². The molecule has 0 aliphatic rings. The molecule has 0 unspecified atom stereocenters. The minimum absolute atomic E-state index is 0.0554. The molecule has 28 heavy (non-hydrogen) atoms. The number of aromatic nitrogens is 1. The number of benzene rings is 3. The van der Waals surface area contributed by atoms with Gasteiger partial charge < -0.3 is 14.4 Å². The number of ether oxygens (including phenoxy) is 1. The van der Waals surface area contributed by atoms with Crippen molar-refractivity contribution >= 4 is 16.7 Å². The number of carbonyl (C=O) groups excluding carboxylic acids is 1. The van der Waals surface area contributed by atoms with Crippen LogP contribution < -0.4 is 5.43 Å². The molecule has 0 fully saturated rings. The summed E-state index contributed by atoms with van der Waals surface area (Å²) in [5.41, 5.74) is 1.70. The van der Waals surface area contributed by atoms with E-state index in [1.165, 1.54) is 19.4 Å². The van der Waals surface area contributed by atoms with E-state index in [4.69, 9.17) is 4.74 Å². The van der Waals surface area contributed by atoms with E-state index >= 15 is 0 Å². The Kier molecular flexibility index (Phi) is 4.41. The summed E-state index contributed by atoms with van der Waals surface area (Å²) in [6.45, 7) is 0. The molecule has 4 aromatic rings. The molecule has 1 aromatic heterocycles. The Balaban J connectivity index is 1.98. The normalized spacial score (nSPS) is 10.8. The van der Waals surface area contributed by atoms with Crippen LogP contribution in [0.4, 0.5) is 0 Å². The maximum Gasteiger partial charge on any atom is 0.343 e. The van der Waals surface area contributed by atoms with Crippen molar-refractivity contribution < 1.29 is 14.6 Å². The summed E-state index contributed by atoms with van der Waals surface area (Å²) < 4.78 is 6.49.